The molecule has 0 fully saturated rings. The second-order valence-electron chi connectivity index (χ2n) is 5.58. The van der Waals surface area contributed by atoms with E-state index < -0.39 is 5.91 Å². The summed E-state index contributed by atoms with van der Waals surface area (Å²) in [5.41, 5.74) is 7.46. The van der Waals surface area contributed by atoms with Crippen molar-refractivity contribution in [2.45, 2.75) is 13.3 Å². The Labute approximate surface area is 139 Å². The number of nitrogens with zero attached hydrogens (tertiary/aromatic N) is 1. The highest BCUT2D eigenvalue weighted by molar-refractivity contribution is 6.06. The first-order valence-corrected chi connectivity index (χ1v) is 7.61. The average Bonchev–Trinajstić information content (AvgIpc) is 3.02. The van der Waals surface area contributed by atoms with Crippen LogP contribution in [0.5, 0.6) is 11.5 Å². The van der Waals surface area contributed by atoms with Gasteiger partial charge in [-0.1, -0.05) is 12.1 Å². The van der Waals surface area contributed by atoms with Crippen molar-refractivity contribution in [3.63, 3.8) is 0 Å². The number of anilines is 1. The number of carbonyl (C=O) groups excluding carboxylic acids is 2. The van der Waals surface area contributed by atoms with Crippen LogP contribution in [0, 0.1) is 6.92 Å². The Morgan fingerprint density at radius 2 is 1.92 bits per heavy atom. The minimum absolute atomic E-state index is 0.0875. The molecule has 3 rings (SSSR count). The first-order chi connectivity index (χ1) is 11.5. The van der Waals surface area contributed by atoms with E-state index in [0.29, 0.717) is 17.1 Å². The number of fused-ring (bicyclic) bond motifs is 1. The molecular weight excluding hydrogens is 308 g/mol. The van der Waals surface area contributed by atoms with E-state index in [-0.39, 0.29) is 25.7 Å². The lowest BCUT2D eigenvalue weighted by molar-refractivity contribution is -0.117. The predicted octanol–water partition coefficient (Wildman–Crippen LogP) is 2.25. The lowest BCUT2D eigenvalue weighted by Gasteiger charge is -2.23. The second-order valence-corrected chi connectivity index (χ2v) is 5.58. The second kappa shape index (κ2) is 6.62. The lowest BCUT2D eigenvalue weighted by atomic mass is 10.1. The van der Waals surface area contributed by atoms with E-state index in [0.717, 1.165) is 11.3 Å². The van der Waals surface area contributed by atoms with E-state index in [4.69, 9.17) is 15.2 Å². The monoisotopic (exact) mass is 326 g/mol. The fourth-order valence-corrected chi connectivity index (χ4v) is 2.55. The SMILES string of the molecule is Cc1cccc(N(CCC(N)=O)C(=O)c2ccc3c(c2)OCO3)c1. The molecule has 0 saturated heterocycles. The summed E-state index contributed by atoms with van der Waals surface area (Å²) in [5.74, 6) is 0.483. The Balaban J connectivity index is 1.92. The van der Waals surface area contributed by atoms with Gasteiger partial charge in [0.25, 0.3) is 5.91 Å². The van der Waals surface area contributed by atoms with Gasteiger partial charge in [-0.25, -0.2) is 0 Å². The first kappa shape index (κ1) is 15.9. The lowest BCUT2D eigenvalue weighted by Crippen LogP contribution is -2.34. The number of primary amides is 1. The van der Waals surface area contributed by atoms with Crippen molar-refractivity contribution in [1.82, 2.24) is 0 Å². The zero-order valence-corrected chi connectivity index (χ0v) is 13.3. The van der Waals surface area contributed by atoms with Gasteiger partial charge in [-0.3, -0.25) is 9.59 Å². The van der Waals surface area contributed by atoms with Gasteiger partial charge >= 0.3 is 0 Å². The number of benzene rings is 2. The molecule has 2 N–H and O–H groups in total. The number of nitrogens with two attached hydrogens (primary N) is 1. The van der Waals surface area contributed by atoms with Crippen LogP contribution in [-0.4, -0.2) is 25.2 Å². The molecule has 0 atom stereocenters. The van der Waals surface area contributed by atoms with E-state index in [9.17, 15) is 9.59 Å². The summed E-state index contributed by atoms with van der Waals surface area (Å²) in [5, 5.41) is 0. The fourth-order valence-electron chi connectivity index (χ4n) is 2.55. The number of ether oxygens (including phenoxy) is 2. The maximum Gasteiger partial charge on any atom is 0.258 e. The molecule has 1 aliphatic heterocycles. The van der Waals surface area contributed by atoms with Gasteiger partial charge in [-0.05, 0) is 42.8 Å². The van der Waals surface area contributed by atoms with Gasteiger partial charge in [0, 0.05) is 24.2 Å². The van der Waals surface area contributed by atoms with Crippen molar-refractivity contribution in [3.8, 4) is 11.5 Å². The molecule has 0 spiro atoms. The molecule has 2 amide bonds. The van der Waals surface area contributed by atoms with Crippen LogP contribution >= 0.6 is 0 Å². The molecule has 1 heterocycles. The molecule has 124 valence electrons. The van der Waals surface area contributed by atoms with Crippen molar-refractivity contribution in [2.24, 2.45) is 5.73 Å². The van der Waals surface area contributed by atoms with Gasteiger partial charge in [-0.2, -0.15) is 0 Å². The highest BCUT2D eigenvalue weighted by Gasteiger charge is 2.22. The van der Waals surface area contributed by atoms with Crippen LogP contribution in [0.2, 0.25) is 0 Å². The van der Waals surface area contributed by atoms with Gasteiger partial charge in [0.05, 0.1) is 0 Å². The van der Waals surface area contributed by atoms with E-state index >= 15 is 0 Å². The molecule has 0 radical (unpaired) electrons. The van der Waals surface area contributed by atoms with Crippen LogP contribution in [0.15, 0.2) is 42.5 Å². The summed E-state index contributed by atoms with van der Waals surface area (Å²) in [7, 11) is 0. The van der Waals surface area contributed by atoms with E-state index in [1.165, 1.54) is 0 Å². The number of amides is 2. The molecule has 24 heavy (non-hydrogen) atoms. The standard InChI is InChI=1S/C18H18N2O4/c1-12-3-2-4-14(9-12)20(8-7-17(19)21)18(22)13-5-6-15-16(10-13)24-11-23-15/h2-6,9-10H,7-8,11H2,1H3,(H2,19,21). The van der Waals surface area contributed by atoms with Gasteiger partial charge in [0.15, 0.2) is 11.5 Å². The molecule has 0 bridgehead atoms. The van der Waals surface area contributed by atoms with Crippen LogP contribution in [-0.2, 0) is 4.79 Å². The third-order valence-corrected chi connectivity index (χ3v) is 3.76. The number of hydrogen-bond acceptors (Lipinski definition) is 4. The number of rotatable bonds is 5. The van der Waals surface area contributed by atoms with Crippen molar-refractivity contribution >= 4 is 17.5 Å². The maximum atomic E-state index is 12.9. The van der Waals surface area contributed by atoms with Crippen molar-refractivity contribution < 1.29 is 19.1 Å². The van der Waals surface area contributed by atoms with Crippen LogP contribution in [0.4, 0.5) is 5.69 Å². The summed E-state index contributed by atoms with van der Waals surface area (Å²) in [6.07, 6.45) is 0.0875. The predicted molar refractivity (Wildman–Crippen MR) is 89.2 cm³/mol. The summed E-state index contributed by atoms with van der Waals surface area (Å²) >= 11 is 0. The summed E-state index contributed by atoms with van der Waals surface area (Å²) in [6, 6.07) is 12.6. The number of aryl methyl sites for hydroxylation is 1. The zero-order chi connectivity index (χ0) is 17.1. The molecule has 2 aromatic rings. The van der Waals surface area contributed by atoms with Crippen LogP contribution in [0.1, 0.15) is 22.3 Å². The van der Waals surface area contributed by atoms with E-state index in [2.05, 4.69) is 0 Å². The quantitative estimate of drug-likeness (QED) is 0.913. The molecule has 2 aromatic carbocycles. The first-order valence-electron chi connectivity index (χ1n) is 7.61. The Bertz CT molecular complexity index is 788. The molecular formula is C18H18N2O4. The number of carbonyl (C=O) groups is 2. The van der Waals surface area contributed by atoms with Crippen molar-refractivity contribution in [2.75, 3.05) is 18.2 Å². The summed E-state index contributed by atoms with van der Waals surface area (Å²) < 4.78 is 10.6. The van der Waals surface area contributed by atoms with Crippen molar-refractivity contribution in [1.29, 1.82) is 0 Å². The van der Waals surface area contributed by atoms with E-state index in [1.807, 2.05) is 31.2 Å². The third kappa shape index (κ3) is 3.32. The average molecular weight is 326 g/mol. The summed E-state index contributed by atoms with van der Waals surface area (Å²) in [4.78, 5) is 25.7. The van der Waals surface area contributed by atoms with E-state index in [1.54, 1.807) is 23.1 Å². The fraction of sp³-hybridized carbons (Fsp3) is 0.222. The van der Waals surface area contributed by atoms with Gasteiger partial charge in [0.2, 0.25) is 12.7 Å². The normalized spacial score (nSPS) is 12.0. The molecule has 0 saturated carbocycles. The van der Waals surface area contributed by atoms with Gasteiger partial charge in [-0.15, -0.1) is 0 Å². The summed E-state index contributed by atoms with van der Waals surface area (Å²) in [6.45, 7) is 2.31. The molecule has 1 aliphatic rings. The highest BCUT2D eigenvalue weighted by atomic mass is 16.7. The number of hydrogen-bond donors (Lipinski definition) is 1. The molecule has 0 aromatic heterocycles. The third-order valence-electron chi connectivity index (χ3n) is 3.76. The maximum absolute atomic E-state index is 12.9. The molecule has 6 nitrogen and oxygen atoms in total. The Morgan fingerprint density at radius 1 is 1.12 bits per heavy atom. The minimum atomic E-state index is -0.453. The van der Waals surface area contributed by atoms with Crippen LogP contribution in [0.25, 0.3) is 0 Å². The van der Waals surface area contributed by atoms with Crippen LogP contribution < -0.4 is 20.1 Å². The Hall–Kier alpha value is -3.02. The topological polar surface area (TPSA) is 81.9 Å². The van der Waals surface area contributed by atoms with Gasteiger partial charge < -0.3 is 20.1 Å². The zero-order valence-electron chi connectivity index (χ0n) is 13.3. The largest absolute Gasteiger partial charge is 0.454 e. The highest BCUT2D eigenvalue weighted by Crippen LogP contribution is 2.33. The molecule has 0 unspecified atom stereocenters. The molecule has 6 heteroatoms. The van der Waals surface area contributed by atoms with Crippen LogP contribution in [0.3, 0.4) is 0 Å². The van der Waals surface area contributed by atoms with Gasteiger partial charge in [0.1, 0.15) is 0 Å². The van der Waals surface area contributed by atoms with Crippen molar-refractivity contribution in [3.05, 3.63) is 53.6 Å². The Morgan fingerprint density at radius 3 is 2.67 bits per heavy atom. The molecule has 0 aliphatic carbocycles. The Kier molecular flexibility index (Phi) is 4.37. The minimum Gasteiger partial charge on any atom is -0.454 e. The smallest absolute Gasteiger partial charge is 0.258 e.